The standard InChI is InChI=1S/C14H24N2O2/c1-5-8-16(4)12(17)14(15)10-7-6-9-18-11(10)13(14,2)3/h5,10-11H,1,6-9,15H2,2-4H3. The molecule has 0 aromatic rings. The molecule has 1 aliphatic heterocycles. The van der Waals surface area contributed by atoms with E-state index in [4.69, 9.17) is 10.5 Å². The summed E-state index contributed by atoms with van der Waals surface area (Å²) >= 11 is 0. The lowest BCUT2D eigenvalue weighted by molar-refractivity contribution is -0.229. The van der Waals surface area contributed by atoms with Crippen molar-refractivity contribution in [2.24, 2.45) is 17.1 Å². The molecule has 102 valence electrons. The molecule has 18 heavy (non-hydrogen) atoms. The van der Waals surface area contributed by atoms with Gasteiger partial charge in [0.1, 0.15) is 5.54 Å². The summed E-state index contributed by atoms with van der Waals surface area (Å²) in [6.07, 6.45) is 3.83. The van der Waals surface area contributed by atoms with Gasteiger partial charge in [-0.3, -0.25) is 4.79 Å². The first kappa shape index (κ1) is 13.6. The Labute approximate surface area is 109 Å². The van der Waals surface area contributed by atoms with Gasteiger partial charge >= 0.3 is 0 Å². The molecule has 2 rings (SSSR count). The minimum Gasteiger partial charge on any atom is -0.377 e. The Morgan fingerprint density at radius 1 is 1.61 bits per heavy atom. The van der Waals surface area contributed by atoms with Gasteiger partial charge in [0, 0.05) is 31.5 Å². The number of fused-ring (bicyclic) bond motifs is 1. The predicted octanol–water partition coefficient (Wildman–Crippen LogP) is 1.16. The molecule has 3 atom stereocenters. The lowest BCUT2D eigenvalue weighted by Gasteiger charge is -2.65. The van der Waals surface area contributed by atoms with E-state index in [0.717, 1.165) is 19.4 Å². The molecule has 3 unspecified atom stereocenters. The molecule has 2 N–H and O–H groups in total. The third-order valence-corrected chi connectivity index (χ3v) is 4.79. The Bertz CT molecular complexity index is 367. The van der Waals surface area contributed by atoms with Crippen molar-refractivity contribution in [3.63, 3.8) is 0 Å². The third kappa shape index (κ3) is 1.55. The van der Waals surface area contributed by atoms with Crippen LogP contribution < -0.4 is 5.73 Å². The van der Waals surface area contributed by atoms with Crippen molar-refractivity contribution in [2.75, 3.05) is 20.2 Å². The van der Waals surface area contributed by atoms with Gasteiger partial charge in [0.05, 0.1) is 6.10 Å². The minimum atomic E-state index is -0.796. The highest BCUT2D eigenvalue weighted by molar-refractivity contribution is 5.89. The molecule has 1 heterocycles. The summed E-state index contributed by atoms with van der Waals surface area (Å²) in [6.45, 7) is 9.07. The molecule has 0 bridgehead atoms. The molecule has 0 aromatic carbocycles. The summed E-state index contributed by atoms with van der Waals surface area (Å²) in [5.74, 6) is 0.167. The van der Waals surface area contributed by atoms with Crippen molar-refractivity contribution in [3.8, 4) is 0 Å². The van der Waals surface area contributed by atoms with Crippen LogP contribution in [-0.2, 0) is 9.53 Å². The van der Waals surface area contributed by atoms with Crippen LogP contribution in [-0.4, -0.2) is 42.6 Å². The number of hydrogen-bond acceptors (Lipinski definition) is 3. The van der Waals surface area contributed by atoms with E-state index in [9.17, 15) is 4.79 Å². The highest BCUT2D eigenvalue weighted by Gasteiger charge is 2.70. The molecule has 0 spiro atoms. The molecule has 0 aromatic heterocycles. The van der Waals surface area contributed by atoms with Crippen LogP contribution in [0.2, 0.25) is 0 Å². The molecule has 2 fully saturated rings. The number of ether oxygens (including phenoxy) is 1. The second-order valence-corrected chi connectivity index (χ2v) is 6.11. The van der Waals surface area contributed by atoms with Gasteiger partial charge < -0.3 is 15.4 Å². The van der Waals surface area contributed by atoms with Gasteiger partial charge in [0.15, 0.2) is 0 Å². The summed E-state index contributed by atoms with van der Waals surface area (Å²) in [4.78, 5) is 14.3. The Kier molecular flexibility index (Phi) is 3.28. The number of hydrogen-bond donors (Lipinski definition) is 1. The highest BCUT2D eigenvalue weighted by atomic mass is 16.5. The van der Waals surface area contributed by atoms with Gasteiger partial charge in [0.2, 0.25) is 5.91 Å². The number of rotatable bonds is 3. The van der Waals surface area contributed by atoms with Crippen LogP contribution >= 0.6 is 0 Å². The number of carbonyl (C=O) groups excluding carboxylic acids is 1. The molecule has 1 saturated carbocycles. The Morgan fingerprint density at radius 2 is 2.28 bits per heavy atom. The van der Waals surface area contributed by atoms with E-state index in [-0.39, 0.29) is 23.3 Å². The van der Waals surface area contributed by atoms with Crippen LogP contribution in [0.5, 0.6) is 0 Å². The first-order chi connectivity index (χ1) is 8.37. The number of nitrogens with zero attached hydrogens (tertiary/aromatic N) is 1. The van der Waals surface area contributed by atoms with E-state index < -0.39 is 5.54 Å². The summed E-state index contributed by atoms with van der Waals surface area (Å²) in [5.41, 5.74) is 5.41. The Hall–Kier alpha value is -0.870. The van der Waals surface area contributed by atoms with E-state index in [1.54, 1.807) is 18.0 Å². The molecule has 0 radical (unpaired) electrons. The van der Waals surface area contributed by atoms with Gasteiger partial charge in [0.25, 0.3) is 0 Å². The molecule has 1 amide bonds. The molecular formula is C14H24N2O2. The van der Waals surface area contributed by atoms with Crippen LogP contribution in [0.15, 0.2) is 12.7 Å². The third-order valence-electron chi connectivity index (χ3n) is 4.79. The predicted molar refractivity (Wildman–Crippen MR) is 71.0 cm³/mol. The lowest BCUT2D eigenvalue weighted by atomic mass is 9.46. The Morgan fingerprint density at radius 3 is 2.89 bits per heavy atom. The average Bonchev–Trinajstić information content (AvgIpc) is 2.37. The minimum absolute atomic E-state index is 0.0131. The summed E-state index contributed by atoms with van der Waals surface area (Å²) in [6, 6.07) is 0. The molecule has 1 saturated heterocycles. The lowest BCUT2D eigenvalue weighted by Crippen LogP contribution is -2.82. The quantitative estimate of drug-likeness (QED) is 0.767. The zero-order chi connectivity index (χ0) is 13.6. The smallest absolute Gasteiger partial charge is 0.243 e. The zero-order valence-corrected chi connectivity index (χ0v) is 11.6. The number of carbonyl (C=O) groups is 1. The normalized spacial score (nSPS) is 37.3. The molecule has 4 nitrogen and oxygen atoms in total. The first-order valence-corrected chi connectivity index (χ1v) is 6.64. The van der Waals surface area contributed by atoms with Crippen LogP contribution in [0, 0.1) is 11.3 Å². The fraction of sp³-hybridized carbons (Fsp3) is 0.786. The molecule has 2 aliphatic rings. The van der Waals surface area contributed by atoms with Crippen molar-refractivity contribution in [1.82, 2.24) is 4.90 Å². The van der Waals surface area contributed by atoms with E-state index in [0.29, 0.717) is 6.54 Å². The van der Waals surface area contributed by atoms with Crippen molar-refractivity contribution < 1.29 is 9.53 Å². The SMILES string of the molecule is C=CCN(C)C(=O)C1(N)C2CCCOC2C1(C)C. The van der Waals surface area contributed by atoms with Crippen molar-refractivity contribution in [2.45, 2.75) is 38.3 Å². The number of amides is 1. The van der Waals surface area contributed by atoms with Gasteiger partial charge in [-0.15, -0.1) is 6.58 Å². The highest BCUT2D eigenvalue weighted by Crippen LogP contribution is 2.57. The summed E-state index contributed by atoms with van der Waals surface area (Å²) < 4.78 is 5.81. The summed E-state index contributed by atoms with van der Waals surface area (Å²) in [5, 5.41) is 0. The molecule has 4 heteroatoms. The monoisotopic (exact) mass is 252 g/mol. The van der Waals surface area contributed by atoms with Crippen LogP contribution in [0.4, 0.5) is 0 Å². The first-order valence-electron chi connectivity index (χ1n) is 6.64. The second kappa shape index (κ2) is 4.35. The number of nitrogens with two attached hydrogens (primary N) is 1. The van der Waals surface area contributed by atoms with Crippen LogP contribution in [0.3, 0.4) is 0 Å². The molecular weight excluding hydrogens is 228 g/mol. The van der Waals surface area contributed by atoms with Gasteiger partial charge in [-0.2, -0.15) is 0 Å². The van der Waals surface area contributed by atoms with E-state index >= 15 is 0 Å². The fourth-order valence-electron chi connectivity index (χ4n) is 3.60. The van der Waals surface area contributed by atoms with Crippen molar-refractivity contribution in [3.05, 3.63) is 12.7 Å². The maximum Gasteiger partial charge on any atom is 0.243 e. The van der Waals surface area contributed by atoms with E-state index in [1.165, 1.54) is 0 Å². The maximum absolute atomic E-state index is 12.6. The fourth-order valence-corrected chi connectivity index (χ4v) is 3.60. The average molecular weight is 252 g/mol. The summed E-state index contributed by atoms with van der Waals surface area (Å²) in [7, 11) is 1.78. The Balaban J connectivity index is 2.23. The van der Waals surface area contributed by atoms with Gasteiger partial charge in [-0.1, -0.05) is 19.9 Å². The van der Waals surface area contributed by atoms with Crippen molar-refractivity contribution in [1.29, 1.82) is 0 Å². The van der Waals surface area contributed by atoms with Gasteiger partial charge in [-0.05, 0) is 12.8 Å². The van der Waals surface area contributed by atoms with Crippen LogP contribution in [0.1, 0.15) is 26.7 Å². The maximum atomic E-state index is 12.6. The van der Waals surface area contributed by atoms with E-state index in [2.05, 4.69) is 6.58 Å². The van der Waals surface area contributed by atoms with E-state index in [1.807, 2.05) is 13.8 Å². The zero-order valence-electron chi connectivity index (χ0n) is 11.6. The van der Waals surface area contributed by atoms with Gasteiger partial charge in [-0.25, -0.2) is 0 Å². The topological polar surface area (TPSA) is 55.6 Å². The molecule has 1 aliphatic carbocycles. The van der Waals surface area contributed by atoms with Crippen LogP contribution in [0.25, 0.3) is 0 Å². The second-order valence-electron chi connectivity index (χ2n) is 6.11. The largest absolute Gasteiger partial charge is 0.377 e. The van der Waals surface area contributed by atoms with Crippen molar-refractivity contribution >= 4 is 5.91 Å². The number of likely N-dealkylation sites (N-methyl/N-ethyl adjacent to an activating group) is 1.